The predicted molar refractivity (Wildman–Crippen MR) is 76.2 cm³/mol. The molecule has 0 unspecified atom stereocenters. The molecule has 8 heteroatoms. The summed E-state index contributed by atoms with van der Waals surface area (Å²) in [7, 11) is 0. The van der Waals surface area contributed by atoms with Crippen molar-refractivity contribution in [2.45, 2.75) is 38.5 Å². The molecule has 0 atom stereocenters. The lowest BCUT2D eigenvalue weighted by molar-refractivity contribution is -0.383. The quantitative estimate of drug-likeness (QED) is 0.302. The molecule has 0 aromatic carbocycles. The number of nitrogen functional groups attached to an aromatic ring is 1. The average molecular weight is 280 g/mol. The van der Waals surface area contributed by atoms with Gasteiger partial charge in [-0.2, -0.15) is 0 Å². The van der Waals surface area contributed by atoms with Crippen LogP contribution in [0.3, 0.4) is 0 Å². The first-order valence-corrected chi connectivity index (χ1v) is 6.92. The van der Waals surface area contributed by atoms with Crippen LogP contribution in [0.4, 0.5) is 17.3 Å². The third-order valence-corrected chi connectivity index (χ3v) is 3.70. The molecule has 2 rings (SSSR count). The molecule has 1 fully saturated rings. The van der Waals surface area contributed by atoms with Gasteiger partial charge in [0.2, 0.25) is 11.6 Å². The summed E-state index contributed by atoms with van der Waals surface area (Å²) in [5.74, 6) is 6.27. The van der Waals surface area contributed by atoms with E-state index in [1.807, 2.05) is 0 Å². The summed E-state index contributed by atoms with van der Waals surface area (Å²) in [6, 6.07) is 0. The molecule has 0 spiro atoms. The molecule has 0 saturated heterocycles. The molecule has 0 bridgehead atoms. The molecule has 1 saturated carbocycles. The standard InChI is InChI=1S/C12H20N6O2/c13-17-12-10(18(19)20)11(15-8-16-12)14-7-3-6-9-4-1-2-5-9/h8-9H,1-7,13H2,(H2,14,15,16,17). The Kier molecular flexibility index (Phi) is 5.05. The number of nitrogens with two attached hydrogens (primary N) is 1. The SMILES string of the molecule is NNc1ncnc(NCCCC2CCCC2)c1[N+](=O)[O-]. The van der Waals surface area contributed by atoms with Crippen LogP contribution in [0.15, 0.2) is 6.33 Å². The van der Waals surface area contributed by atoms with Crippen LogP contribution < -0.4 is 16.6 Å². The highest BCUT2D eigenvalue weighted by Gasteiger charge is 2.22. The maximum Gasteiger partial charge on any atom is 0.354 e. The van der Waals surface area contributed by atoms with Crippen LogP contribution in [0.2, 0.25) is 0 Å². The molecule has 1 heterocycles. The van der Waals surface area contributed by atoms with Gasteiger partial charge in [0.05, 0.1) is 4.92 Å². The van der Waals surface area contributed by atoms with Crippen LogP contribution in [0.1, 0.15) is 38.5 Å². The third kappa shape index (κ3) is 3.53. The fraction of sp³-hybridized carbons (Fsp3) is 0.667. The van der Waals surface area contributed by atoms with E-state index in [0.29, 0.717) is 6.54 Å². The van der Waals surface area contributed by atoms with Crippen molar-refractivity contribution in [2.75, 3.05) is 17.3 Å². The second-order valence-corrected chi connectivity index (χ2v) is 5.04. The number of nitrogens with one attached hydrogen (secondary N) is 2. The maximum atomic E-state index is 11.0. The van der Waals surface area contributed by atoms with Crippen molar-refractivity contribution in [3.05, 3.63) is 16.4 Å². The topological polar surface area (TPSA) is 119 Å². The van der Waals surface area contributed by atoms with Gasteiger partial charge < -0.3 is 10.7 Å². The maximum absolute atomic E-state index is 11.0. The van der Waals surface area contributed by atoms with E-state index in [2.05, 4.69) is 20.7 Å². The summed E-state index contributed by atoms with van der Waals surface area (Å²) in [6.45, 7) is 0.665. The van der Waals surface area contributed by atoms with Crippen molar-refractivity contribution in [3.63, 3.8) is 0 Å². The lowest BCUT2D eigenvalue weighted by atomic mass is 10.0. The lowest BCUT2D eigenvalue weighted by Crippen LogP contribution is -2.14. The number of rotatable bonds is 7. The van der Waals surface area contributed by atoms with E-state index >= 15 is 0 Å². The van der Waals surface area contributed by atoms with E-state index in [-0.39, 0.29) is 17.3 Å². The van der Waals surface area contributed by atoms with Crippen molar-refractivity contribution >= 4 is 17.3 Å². The van der Waals surface area contributed by atoms with E-state index in [9.17, 15) is 10.1 Å². The summed E-state index contributed by atoms with van der Waals surface area (Å²) < 4.78 is 0. The Labute approximate surface area is 117 Å². The van der Waals surface area contributed by atoms with E-state index in [0.717, 1.165) is 18.8 Å². The first-order valence-electron chi connectivity index (χ1n) is 6.92. The van der Waals surface area contributed by atoms with Gasteiger partial charge in [-0.15, -0.1) is 0 Å². The van der Waals surface area contributed by atoms with Gasteiger partial charge >= 0.3 is 5.69 Å². The Morgan fingerprint density at radius 2 is 2.05 bits per heavy atom. The predicted octanol–water partition coefficient (Wildman–Crippen LogP) is 2.05. The highest BCUT2D eigenvalue weighted by atomic mass is 16.6. The van der Waals surface area contributed by atoms with Gasteiger partial charge in [0.25, 0.3) is 0 Å². The Bertz CT molecular complexity index is 461. The second-order valence-electron chi connectivity index (χ2n) is 5.04. The number of nitro groups is 1. The van der Waals surface area contributed by atoms with Crippen LogP contribution in [0, 0.1) is 16.0 Å². The summed E-state index contributed by atoms with van der Waals surface area (Å²) >= 11 is 0. The molecule has 110 valence electrons. The van der Waals surface area contributed by atoms with Crippen molar-refractivity contribution in [1.29, 1.82) is 0 Å². The summed E-state index contributed by atoms with van der Waals surface area (Å²) in [5.41, 5.74) is 2.01. The molecule has 0 radical (unpaired) electrons. The molecular weight excluding hydrogens is 260 g/mol. The van der Waals surface area contributed by atoms with Crippen molar-refractivity contribution in [1.82, 2.24) is 9.97 Å². The Balaban J connectivity index is 1.89. The molecule has 1 aliphatic rings. The number of nitrogens with zero attached hydrogens (tertiary/aromatic N) is 3. The molecule has 4 N–H and O–H groups in total. The minimum Gasteiger partial charge on any atom is -0.364 e. The van der Waals surface area contributed by atoms with E-state index in [4.69, 9.17) is 5.84 Å². The first kappa shape index (κ1) is 14.4. The van der Waals surface area contributed by atoms with Gasteiger partial charge in [-0.25, -0.2) is 15.8 Å². The van der Waals surface area contributed by atoms with Gasteiger partial charge in [0.15, 0.2) is 0 Å². The number of aromatic nitrogens is 2. The fourth-order valence-corrected chi connectivity index (χ4v) is 2.68. The zero-order valence-electron chi connectivity index (χ0n) is 11.3. The molecule has 1 aromatic rings. The number of hydrogen-bond acceptors (Lipinski definition) is 7. The van der Waals surface area contributed by atoms with Crippen LogP contribution in [-0.2, 0) is 0 Å². The van der Waals surface area contributed by atoms with Crippen LogP contribution >= 0.6 is 0 Å². The Morgan fingerprint density at radius 1 is 1.35 bits per heavy atom. The summed E-state index contributed by atoms with van der Waals surface area (Å²) in [5, 5.41) is 14.0. The Morgan fingerprint density at radius 3 is 2.70 bits per heavy atom. The molecular formula is C12H20N6O2. The van der Waals surface area contributed by atoms with Crippen LogP contribution in [0.25, 0.3) is 0 Å². The van der Waals surface area contributed by atoms with Gasteiger partial charge in [0, 0.05) is 6.54 Å². The van der Waals surface area contributed by atoms with Gasteiger partial charge in [-0.3, -0.25) is 10.1 Å². The molecule has 1 aromatic heterocycles. The normalized spacial score (nSPS) is 15.2. The second kappa shape index (κ2) is 6.99. The zero-order valence-corrected chi connectivity index (χ0v) is 11.3. The lowest BCUT2D eigenvalue weighted by Gasteiger charge is -2.10. The van der Waals surface area contributed by atoms with Gasteiger partial charge in [-0.1, -0.05) is 25.7 Å². The average Bonchev–Trinajstić information content (AvgIpc) is 2.96. The van der Waals surface area contributed by atoms with Gasteiger partial charge in [-0.05, 0) is 18.8 Å². The molecule has 0 aliphatic heterocycles. The monoisotopic (exact) mass is 280 g/mol. The highest BCUT2D eigenvalue weighted by Crippen LogP contribution is 2.30. The summed E-state index contributed by atoms with van der Waals surface area (Å²) in [6.07, 6.45) is 8.69. The van der Waals surface area contributed by atoms with E-state index < -0.39 is 4.92 Å². The number of anilines is 2. The third-order valence-electron chi connectivity index (χ3n) is 3.70. The van der Waals surface area contributed by atoms with Crippen LogP contribution in [-0.4, -0.2) is 21.4 Å². The zero-order chi connectivity index (χ0) is 14.4. The van der Waals surface area contributed by atoms with Crippen LogP contribution in [0.5, 0.6) is 0 Å². The van der Waals surface area contributed by atoms with Crippen molar-refractivity contribution in [3.8, 4) is 0 Å². The summed E-state index contributed by atoms with van der Waals surface area (Å²) in [4.78, 5) is 18.2. The molecule has 20 heavy (non-hydrogen) atoms. The number of hydrazine groups is 1. The Hall–Kier alpha value is -1.96. The van der Waals surface area contributed by atoms with Crippen molar-refractivity contribution in [2.24, 2.45) is 11.8 Å². The molecule has 1 aliphatic carbocycles. The minimum atomic E-state index is -0.533. The molecule has 0 amide bonds. The molecule has 8 nitrogen and oxygen atoms in total. The fourth-order valence-electron chi connectivity index (χ4n) is 2.68. The van der Waals surface area contributed by atoms with E-state index in [1.54, 1.807) is 0 Å². The highest BCUT2D eigenvalue weighted by molar-refractivity contribution is 5.68. The van der Waals surface area contributed by atoms with Crippen molar-refractivity contribution < 1.29 is 4.92 Å². The largest absolute Gasteiger partial charge is 0.364 e. The first-order chi connectivity index (χ1) is 9.72. The minimum absolute atomic E-state index is 0.0169. The smallest absolute Gasteiger partial charge is 0.354 e. The van der Waals surface area contributed by atoms with E-state index in [1.165, 1.54) is 32.0 Å². The van der Waals surface area contributed by atoms with Gasteiger partial charge in [0.1, 0.15) is 6.33 Å². The number of hydrogen-bond donors (Lipinski definition) is 3.